The third-order valence-corrected chi connectivity index (χ3v) is 5.00. The van der Waals surface area contributed by atoms with Gasteiger partial charge in [-0.2, -0.15) is 4.99 Å². The van der Waals surface area contributed by atoms with Crippen LogP contribution in [0.1, 0.15) is 26.2 Å². The number of aliphatic imine (C=N–C) groups is 2. The number of nitrogens with two attached hydrogens (primary N) is 2. The van der Waals surface area contributed by atoms with E-state index >= 15 is 0 Å². The maximum atomic E-state index is 11.4. The molecule has 0 unspecified atom stereocenters. The maximum absolute atomic E-state index is 11.4. The molecule has 0 fully saturated rings. The Morgan fingerprint density at radius 2 is 1.84 bits per heavy atom. The minimum atomic E-state index is -0.804. The molecule has 5 N–H and O–H groups in total. The molecule has 0 atom stereocenters. The lowest BCUT2D eigenvalue weighted by molar-refractivity contribution is -0.121. The number of ether oxygens (including phenoxy) is 1. The van der Waals surface area contributed by atoms with Crippen molar-refractivity contribution in [1.82, 2.24) is 10.2 Å². The lowest BCUT2D eigenvalue weighted by Crippen LogP contribution is -2.32. The average Bonchev–Trinajstić information content (AvgIpc) is 2.54. The van der Waals surface area contributed by atoms with Gasteiger partial charge in [0.25, 0.3) is 0 Å². The van der Waals surface area contributed by atoms with Gasteiger partial charge in [-0.05, 0) is 6.42 Å². The van der Waals surface area contributed by atoms with Gasteiger partial charge in [0, 0.05) is 38.6 Å². The molecule has 144 valence electrons. The summed E-state index contributed by atoms with van der Waals surface area (Å²) in [6, 6.07) is 0. The van der Waals surface area contributed by atoms with Gasteiger partial charge in [0.15, 0.2) is 5.96 Å². The van der Waals surface area contributed by atoms with E-state index in [0.717, 1.165) is 18.6 Å². The number of nitrogens with zero attached hydrogens (tertiary/aromatic N) is 3. The summed E-state index contributed by atoms with van der Waals surface area (Å²) in [5, 5.41) is 2.86. The lowest BCUT2D eigenvalue weighted by atomic mass is 10.2. The number of hydrogen-bond donors (Lipinski definition) is 3. The molecular weight excluding hydrogens is 364 g/mol. The minimum Gasteiger partial charge on any atom is -0.447 e. The molecule has 0 rings (SSSR count). The van der Waals surface area contributed by atoms with E-state index in [1.165, 1.54) is 4.90 Å². The SMILES string of the molecule is CCCCC(=O)NCCSSCCOC(=O)/N=C(N)/N=C(\N)N(C)C. The maximum Gasteiger partial charge on any atom is 0.436 e. The Bertz CT molecular complexity index is 471. The van der Waals surface area contributed by atoms with Gasteiger partial charge in [-0.1, -0.05) is 34.9 Å². The van der Waals surface area contributed by atoms with Crippen LogP contribution in [0.4, 0.5) is 4.79 Å². The van der Waals surface area contributed by atoms with Crippen LogP contribution in [0.15, 0.2) is 9.98 Å². The van der Waals surface area contributed by atoms with E-state index in [-0.39, 0.29) is 24.4 Å². The van der Waals surface area contributed by atoms with Crippen molar-refractivity contribution in [2.24, 2.45) is 21.5 Å². The molecule has 9 nitrogen and oxygen atoms in total. The van der Waals surface area contributed by atoms with E-state index in [2.05, 4.69) is 22.2 Å². The zero-order chi connectivity index (χ0) is 19.1. The van der Waals surface area contributed by atoms with Crippen molar-refractivity contribution in [3.63, 3.8) is 0 Å². The first-order valence-electron chi connectivity index (χ1n) is 7.90. The number of nitrogens with one attached hydrogen (secondary N) is 1. The molecule has 0 aromatic heterocycles. The molecular formula is C14H28N6O3S2. The van der Waals surface area contributed by atoms with Crippen molar-refractivity contribution in [3.05, 3.63) is 0 Å². The molecule has 2 amide bonds. The standard InChI is InChI=1S/C14H28N6O3S2/c1-4-5-6-11(21)17-7-9-24-25-10-8-23-14(22)19-12(15)18-13(16)20(2)3/h4-10H2,1-3H3,(H,17,21)(H4,15,16,18,19,22). The topological polar surface area (TPSA) is 135 Å². The minimum absolute atomic E-state index is 0.0920. The highest BCUT2D eigenvalue weighted by atomic mass is 33.1. The summed E-state index contributed by atoms with van der Waals surface area (Å²) in [5.74, 6) is 1.38. The van der Waals surface area contributed by atoms with Gasteiger partial charge >= 0.3 is 6.09 Å². The molecule has 0 aliphatic heterocycles. The Hall–Kier alpha value is -1.62. The zero-order valence-electron chi connectivity index (χ0n) is 15.0. The lowest BCUT2D eigenvalue weighted by Gasteiger charge is -2.09. The highest BCUT2D eigenvalue weighted by Gasteiger charge is 2.03. The molecule has 0 aliphatic carbocycles. The number of hydrogen-bond acceptors (Lipinski definition) is 5. The van der Waals surface area contributed by atoms with Crippen LogP contribution in [-0.4, -0.2) is 67.6 Å². The van der Waals surface area contributed by atoms with Crippen LogP contribution < -0.4 is 16.8 Å². The fraction of sp³-hybridized carbons (Fsp3) is 0.714. The molecule has 0 saturated carbocycles. The van der Waals surface area contributed by atoms with E-state index in [4.69, 9.17) is 16.2 Å². The van der Waals surface area contributed by atoms with Crippen molar-refractivity contribution < 1.29 is 14.3 Å². The van der Waals surface area contributed by atoms with E-state index < -0.39 is 6.09 Å². The molecule has 11 heteroatoms. The number of guanidine groups is 2. The number of amides is 2. The van der Waals surface area contributed by atoms with E-state index in [1.807, 2.05) is 0 Å². The first-order chi connectivity index (χ1) is 11.9. The van der Waals surface area contributed by atoms with Crippen molar-refractivity contribution in [1.29, 1.82) is 0 Å². The quantitative estimate of drug-likeness (QED) is 0.217. The van der Waals surface area contributed by atoms with Crippen LogP contribution in [0, 0.1) is 0 Å². The van der Waals surface area contributed by atoms with Crippen LogP contribution in [0.3, 0.4) is 0 Å². The van der Waals surface area contributed by atoms with Crippen molar-refractivity contribution >= 4 is 45.5 Å². The summed E-state index contributed by atoms with van der Waals surface area (Å²) < 4.78 is 4.91. The summed E-state index contributed by atoms with van der Waals surface area (Å²) in [6.45, 7) is 2.90. The number of carbonyl (C=O) groups excluding carboxylic acids is 2. The van der Waals surface area contributed by atoms with Crippen LogP contribution in [0.5, 0.6) is 0 Å². The van der Waals surface area contributed by atoms with E-state index in [9.17, 15) is 9.59 Å². The second-order valence-corrected chi connectivity index (χ2v) is 7.75. The van der Waals surface area contributed by atoms with Crippen molar-refractivity contribution in [2.75, 3.05) is 38.8 Å². The second kappa shape index (κ2) is 14.7. The summed E-state index contributed by atoms with van der Waals surface area (Å²) in [7, 11) is 6.54. The van der Waals surface area contributed by atoms with Gasteiger partial charge in [0.1, 0.15) is 6.61 Å². The number of unbranched alkanes of at least 4 members (excludes halogenated alkanes) is 1. The van der Waals surface area contributed by atoms with Crippen LogP contribution in [0.2, 0.25) is 0 Å². The zero-order valence-corrected chi connectivity index (χ0v) is 16.6. The molecule has 0 spiro atoms. The Kier molecular flexibility index (Phi) is 13.7. The van der Waals surface area contributed by atoms with Gasteiger partial charge < -0.3 is 26.4 Å². The third-order valence-electron chi connectivity index (χ3n) is 2.63. The molecule has 25 heavy (non-hydrogen) atoms. The first kappa shape index (κ1) is 23.4. The van der Waals surface area contributed by atoms with Gasteiger partial charge in [-0.3, -0.25) is 4.79 Å². The molecule has 0 aliphatic rings. The van der Waals surface area contributed by atoms with E-state index in [0.29, 0.717) is 18.7 Å². The molecule has 0 bridgehead atoms. The summed E-state index contributed by atoms with van der Waals surface area (Å²) in [5.41, 5.74) is 11.0. The highest BCUT2D eigenvalue weighted by molar-refractivity contribution is 8.76. The summed E-state index contributed by atoms with van der Waals surface area (Å²) >= 11 is 0. The number of rotatable bonds is 10. The molecule has 0 heterocycles. The van der Waals surface area contributed by atoms with Crippen molar-refractivity contribution in [2.45, 2.75) is 26.2 Å². The van der Waals surface area contributed by atoms with Gasteiger partial charge in [-0.15, -0.1) is 4.99 Å². The highest BCUT2D eigenvalue weighted by Crippen LogP contribution is 2.19. The van der Waals surface area contributed by atoms with E-state index in [1.54, 1.807) is 35.7 Å². The van der Waals surface area contributed by atoms with Crippen molar-refractivity contribution in [3.8, 4) is 0 Å². The van der Waals surface area contributed by atoms with Crippen LogP contribution >= 0.6 is 21.6 Å². The van der Waals surface area contributed by atoms with Gasteiger partial charge in [-0.25, -0.2) is 4.79 Å². The molecule has 0 saturated heterocycles. The Morgan fingerprint density at radius 1 is 1.16 bits per heavy atom. The third kappa shape index (κ3) is 14.4. The Balaban J connectivity index is 3.70. The summed E-state index contributed by atoms with van der Waals surface area (Å²) in [4.78, 5) is 31.5. The number of carbonyl (C=O) groups is 2. The van der Waals surface area contributed by atoms with Gasteiger partial charge in [0.2, 0.25) is 11.9 Å². The second-order valence-electron chi connectivity index (χ2n) is 5.05. The fourth-order valence-electron chi connectivity index (χ4n) is 1.31. The predicted octanol–water partition coefficient (Wildman–Crippen LogP) is 1.00. The monoisotopic (exact) mass is 392 g/mol. The predicted molar refractivity (Wildman–Crippen MR) is 106 cm³/mol. The first-order valence-corrected chi connectivity index (χ1v) is 10.4. The van der Waals surface area contributed by atoms with Crippen LogP contribution in [0.25, 0.3) is 0 Å². The molecule has 0 aromatic carbocycles. The largest absolute Gasteiger partial charge is 0.447 e. The normalized spacial score (nSPS) is 12.0. The average molecular weight is 393 g/mol. The Labute approximate surface area is 156 Å². The Morgan fingerprint density at radius 3 is 2.48 bits per heavy atom. The molecule has 0 aromatic rings. The molecule has 0 radical (unpaired) electrons. The summed E-state index contributed by atoms with van der Waals surface area (Å²) in [6.07, 6.45) is 1.71. The smallest absolute Gasteiger partial charge is 0.436 e. The van der Waals surface area contributed by atoms with Crippen LogP contribution in [-0.2, 0) is 9.53 Å². The fourth-order valence-corrected chi connectivity index (χ4v) is 3.04. The van der Waals surface area contributed by atoms with Gasteiger partial charge in [0.05, 0.1) is 0 Å².